The summed E-state index contributed by atoms with van der Waals surface area (Å²) in [5.74, 6) is 5.14. The number of benzene rings is 1. The standard InChI is InChI=1S/C40H50O8/c1-21(2)37(41)45-17-23-8-31-28-14-30(34(16-28)35(31)10-23)20-48-40(44)26-7-5-6-25(12-26)39(43)46-18-24-9-32-27-13-29(19-47-38(42)22(3)4)33(15-27)36(32)11-24/h5-7,12,23-24,27-36H,1,3,8-11,13-20H2,2,4H3. The Bertz CT molecular complexity index is 1480. The summed E-state index contributed by atoms with van der Waals surface area (Å²) in [7, 11) is 0. The molecule has 6 aliphatic rings. The molecule has 12 unspecified atom stereocenters. The molecule has 0 spiro atoms. The van der Waals surface area contributed by atoms with Gasteiger partial charge >= 0.3 is 23.9 Å². The van der Waals surface area contributed by atoms with Gasteiger partial charge in [0, 0.05) is 11.1 Å². The first-order valence-corrected chi connectivity index (χ1v) is 18.1. The van der Waals surface area contributed by atoms with Gasteiger partial charge in [-0.3, -0.25) is 0 Å². The number of esters is 4. The second-order valence-corrected chi connectivity index (χ2v) is 16.2. The van der Waals surface area contributed by atoms with Crippen molar-refractivity contribution >= 4 is 23.9 Å². The first-order valence-electron chi connectivity index (χ1n) is 18.1. The van der Waals surface area contributed by atoms with E-state index in [0.29, 0.717) is 120 Å². The molecule has 1 aromatic carbocycles. The summed E-state index contributed by atoms with van der Waals surface area (Å²) >= 11 is 0. The van der Waals surface area contributed by atoms with Crippen LogP contribution in [0.2, 0.25) is 0 Å². The van der Waals surface area contributed by atoms with Crippen LogP contribution >= 0.6 is 0 Å². The van der Waals surface area contributed by atoms with Crippen LogP contribution in [-0.2, 0) is 28.5 Å². The van der Waals surface area contributed by atoms with Gasteiger partial charge in [-0.25, -0.2) is 19.2 Å². The maximum absolute atomic E-state index is 13.1. The third-order valence-corrected chi connectivity index (χ3v) is 13.2. The van der Waals surface area contributed by atoms with Crippen LogP contribution in [0.3, 0.4) is 0 Å². The van der Waals surface area contributed by atoms with Crippen LogP contribution in [0.15, 0.2) is 48.6 Å². The first kappa shape index (κ1) is 33.1. The number of hydrogen-bond donors (Lipinski definition) is 0. The molecule has 6 fully saturated rings. The summed E-state index contributed by atoms with van der Waals surface area (Å²) in [5.41, 5.74) is 1.62. The Hall–Kier alpha value is -3.42. The highest BCUT2D eigenvalue weighted by atomic mass is 16.5. The minimum Gasteiger partial charge on any atom is -0.462 e. The van der Waals surface area contributed by atoms with Gasteiger partial charge < -0.3 is 18.9 Å². The van der Waals surface area contributed by atoms with E-state index in [9.17, 15) is 19.2 Å². The number of carbonyl (C=O) groups excluding carboxylic acids is 4. The maximum Gasteiger partial charge on any atom is 0.338 e. The Labute approximate surface area is 284 Å². The zero-order valence-corrected chi connectivity index (χ0v) is 28.4. The van der Waals surface area contributed by atoms with E-state index < -0.39 is 11.9 Å². The highest BCUT2D eigenvalue weighted by Gasteiger charge is 2.57. The number of fused-ring (bicyclic) bond motifs is 10. The first-order chi connectivity index (χ1) is 23.0. The Morgan fingerprint density at radius 1 is 0.562 bits per heavy atom. The Morgan fingerprint density at radius 2 is 0.979 bits per heavy atom. The molecule has 1 aromatic rings. The van der Waals surface area contributed by atoms with E-state index in [0.717, 1.165) is 38.5 Å². The molecule has 4 bridgehead atoms. The van der Waals surface area contributed by atoms with E-state index in [2.05, 4.69) is 13.2 Å². The molecule has 12 atom stereocenters. The third-order valence-electron chi connectivity index (χ3n) is 13.2. The SMILES string of the molecule is C=C(C)C(=O)OCC1CC2C3CC(COC(=O)c4cccc(C(=O)OCC5CC6C7CC(COC(=O)C(=C)C)C(C7)C6C5)c4)C(C3)C2C1. The van der Waals surface area contributed by atoms with E-state index in [4.69, 9.17) is 18.9 Å². The van der Waals surface area contributed by atoms with Crippen molar-refractivity contribution in [2.24, 2.45) is 71.0 Å². The molecule has 48 heavy (non-hydrogen) atoms. The fraction of sp³-hybridized carbons (Fsp3) is 0.650. The van der Waals surface area contributed by atoms with Crippen molar-refractivity contribution in [2.75, 3.05) is 26.4 Å². The second kappa shape index (κ2) is 13.5. The lowest BCUT2D eigenvalue weighted by molar-refractivity contribution is -0.141. The Balaban J connectivity index is 0.853. The van der Waals surface area contributed by atoms with Crippen LogP contribution in [0, 0.1) is 71.0 Å². The van der Waals surface area contributed by atoms with Gasteiger partial charge in [-0.05, 0) is 154 Å². The predicted octanol–water partition coefficient (Wildman–Crippen LogP) is 6.84. The topological polar surface area (TPSA) is 105 Å². The molecule has 258 valence electrons. The molecule has 0 aromatic heterocycles. The quantitative estimate of drug-likeness (QED) is 0.137. The van der Waals surface area contributed by atoms with Crippen molar-refractivity contribution in [2.45, 2.75) is 65.2 Å². The number of ether oxygens (including phenoxy) is 4. The van der Waals surface area contributed by atoms with Gasteiger partial charge in [-0.2, -0.15) is 0 Å². The van der Waals surface area contributed by atoms with E-state index in [1.165, 1.54) is 12.8 Å². The average molecular weight is 659 g/mol. The molecular weight excluding hydrogens is 608 g/mol. The summed E-state index contributed by atoms with van der Waals surface area (Å²) in [6, 6.07) is 6.70. The molecule has 7 rings (SSSR count). The normalized spacial score (nSPS) is 36.7. The maximum atomic E-state index is 13.1. The van der Waals surface area contributed by atoms with Gasteiger partial charge in [0.1, 0.15) is 0 Å². The van der Waals surface area contributed by atoms with Crippen molar-refractivity contribution in [1.82, 2.24) is 0 Å². The molecular formula is C40H50O8. The van der Waals surface area contributed by atoms with Gasteiger partial charge in [0.15, 0.2) is 0 Å². The lowest BCUT2D eigenvalue weighted by Crippen LogP contribution is -2.28. The minimum absolute atomic E-state index is 0.304. The summed E-state index contributed by atoms with van der Waals surface area (Å²) in [6.07, 6.45) is 8.93. The van der Waals surface area contributed by atoms with Crippen LogP contribution in [-0.4, -0.2) is 50.3 Å². The lowest BCUT2D eigenvalue weighted by atomic mass is 9.76. The van der Waals surface area contributed by atoms with Crippen LogP contribution in [0.1, 0.15) is 85.9 Å². The number of hydrogen-bond acceptors (Lipinski definition) is 8. The van der Waals surface area contributed by atoms with E-state index >= 15 is 0 Å². The van der Waals surface area contributed by atoms with Gasteiger partial charge in [-0.1, -0.05) is 19.2 Å². The smallest absolute Gasteiger partial charge is 0.338 e. The molecule has 0 aliphatic heterocycles. The molecule has 0 amide bonds. The minimum atomic E-state index is -0.405. The van der Waals surface area contributed by atoms with Crippen molar-refractivity contribution in [1.29, 1.82) is 0 Å². The van der Waals surface area contributed by atoms with Crippen LogP contribution in [0.4, 0.5) is 0 Å². The Morgan fingerprint density at radius 3 is 1.48 bits per heavy atom. The van der Waals surface area contributed by atoms with Crippen molar-refractivity contribution in [3.63, 3.8) is 0 Å². The molecule has 6 aliphatic carbocycles. The highest BCUT2D eigenvalue weighted by molar-refractivity contribution is 5.95. The fourth-order valence-electron chi connectivity index (χ4n) is 11.2. The molecule has 0 heterocycles. The highest BCUT2D eigenvalue weighted by Crippen LogP contribution is 2.63. The molecule has 8 heteroatoms. The third kappa shape index (κ3) is 6.48. The van der Waals surface area contributed by atoms with E-state index in [1.54, 1.807) is 38.1 Å². The monoisotopic (exact) mass is 658 g/mol. The molecule has 8 nitrogen and oxygen atoms in total. The molecule has 6 saturated carbocycles. The van der Waals surface area contributed by atoms with Gasteiger partial charge in [0.25, 0.3) is 0 Å². The van der Waals surface area contributed by atoms with Gasteiger partial charge in [0.2, 0.25) is 0 Å². The molecule has 0 saturated heterocycles. The van der Waals surface area contributed by atoms with Crippen molar-refractivity contribution in [3.05, 3.63) is 59.7 Å². The van der Waals surface area contributed by atoms with Crippen LogP contribution in [0.25, 0.3) is 0 Å². The molecule has 0 N–H and O–H groups in total. The summed E-state index contributed by atoms with van der Waals surface area (Å²) in [5, 5.41) is 0. The van der Waals surface area contributed by atoms with E-state index in [1.807, 2.05) is 0 Å². The van der Waals surface area contributed by atoms with Crippen LogP contribution < -0.4 is 0 Å². The molecule has 0 radical (unpaired) electrons. The van der Waals surface area contributed by atoms with Crippen molar-refractivity contribution < 1.29 is 38.1 Å². The summed E-state index contributed by atoms with van der Waals surface area (Å²) < 4.78 is 22.6. The van der Waals surface area contributed by atoms with Gasteiger partial charge in [-0.15, -0.1) is 0 Å². The number of rotatable bonds is 12. The Kier molecular flexibility index (Phi) is 9.29. The lowest BCUT2D eigenvalue weighted by Gasteiger charge is -2.31. The van der Waals surface area contributed by atoms with Crippen molar-refractivity contribution in [3.8, 4) is 0 Å². The average Bonchev–Trinajstić information content (AvgIpc) is 3.91. The summed E-state index contributed by atoms with van der Waals surface area (Å²) in [4.78, 5) is 49.9. The zero-order chi connectivity index (χ0) is 33.7. The fourth-order valence-corrected chi connectivity index (χ4v) is 11.2. The summed E-state index contributed by atoms with van der Waals surface area (Å²) in [6.45, 7) is 12.4. The predicted molar refractivity (Wildman–Crippen MR) is 177 cm³/mol. The zero-order valence-electron chi connectivity index (χ0n) is 28.4. The van der Waals surface area contributed by atoms with Crippen LogP contribution in [0.5, 0.6) is 0 Å². The second-order valence-electron chi connectivity index (χ2n) is 16.2. The number of carbonyl (C=O) groups is 4. The largest absolute Gasteiger partial charge is 0.462 e. The van der Waals surface area contributed by atoms with Gasteiger partial charge in [0.05, 0.1) is 37.6 Å². The van der Waals surface area contributed by atoms with E-state index in [-0.39, 0.29) is 11.9 Å².